The number of imidazole rings is 1. The van der Waals surface area contributed by atoms with Crippen LogP contribution in [-0.4, -0.2) is 24.5 Å². The first-order valence-electron chi connectivity index (χ1n) is 6.06. The summed E-state index contributed by atoms with van der Waals surface area (Å²) in [6.45, 7) is 0.403. The molecule has 0 bridgehead atoms. The number of rotatable bonds is 3. The summed E-state index contributed by atoms with van der Waals surface area (Å²) in [7, 11) is 0. The molecule has 106 valence electrons. The van der Waals surface area contributed by atoms with E-state index in [9.17, 15) is 4.39 Å². The Morgan fingerprint density at radius 2 is 2.10 bits per heavy atom. The molecule has 0 atom stereocenters. The van der Waals surface area contributed by atoms with Gasteiger partial charge in [0.25, 0.3) is 0 Å². The zero-order valence-corrected chi connectivity index (χ0v) is 11.6. The fourth-order valence-corrected chi connectivity index (χ4v) is 2.30. The summed E-state index contributed by atoms with van der Waals surface area (Å²) >= 11 is 4.96. The van der Waals surface area contributed by atoms with Crippen LogP contribution in [0.4, 0.5) is 10.2 Å². The Morgan fingerprint density at radius 3 is 2.86 bits per heavy atom. The Hall–Kier alpha value is -2.61. The van der Waals surface area contributed by atoms with E-state index in [0.717, 1.165) is 5.56 Å². The number of nitrogens with two attached hydrogens (primary N) is 2. The Balaban J connectivity index is 2.07. The molecule has 0 spiro atoms. The third-order valence-electron chi connectivity index (χ3n) is 3.11. The molecule has 0 aliphatic rings. The van der Waals surface area contributed by atoms with Gasteiger partial charge in [0.05, 0.1) is 12.9 Å². The van der Waals surface area contributed by atoms with Gasteiger partial charge in [-0.3, -0.25) is 0 Å². The molecular weight excluding hydrogens is 291 g/mol. The quantitative estimate of drug-likeness (QED) is 0.707. The van der Waals surface area contributed by atoms with Crippen LogP contribution in [0.15, 0.2) is 30.9 Å². The van der Waals surface area contributed by atoms with Gasteiger partial charge in [-0.15, -0.1) is 0 Å². The van der Waals surface area contributed by atoms with Crippen molar-refractivity contribution in [1.82, 2.24) is 19.5 Å². The van der Waals surface area contributed by atoms with Crippen molar-refractivity contribution in [3.63, 3.8) is 0 Å². The molecule has 0 fully saturated rings. The first-order valence-corrected chi connectivity index (χ1v) is 6.46. The first kappa shape index (κ1) is 13.4. The number of thiocarbonyl (C=S) groups is 1. The van der Waals surface area contributed by atoms with Crippen LogP contribution in [0.3, 0.4) is 0 Å². The predicted molar refractivity (Wildman–Crippen MR) is 81.1 cm³/mol. The van der Waals surface area contributed by atoms with Crippen LogP contribution in [0.25, 0.3) is 11.2 Å². The van der Waals surface area contributed by atoms with Crippen LogP contribution in [0.2, 0.25) is 0 Å². The molecule has 2 aromatic heterocycles. The largest absolute Gasteiger partial charge is 0.389 e. The summed E-state index contributed by atoms with van der Waals surface area (Å²) in [6, 6.07) is 4.32. The van der Waals surface area contributed by atoms with Gasteiger partial charge in [0, 0.05) is 5.56 Å². The average molecular weight is 302 g/mol. The summed E-state index contributed by atoms with van der Waals surface area (Å²) < 4.78 is 15.1. The van der Waals surface area contributed by atoms with E-state index in [2.05, 4.69) is 15.0 Å². The van der Waals surface area contributed by atoms with Gasteiger partial charge >= 0.3 is 0 Å². The molecule has 0 aliphatic heterocycles. The maximum Gasteiger partial charge on any atom is 0.165 e. The van der Waals surface area contributed by atoms with E-state index in [0.29, 0.717) is 29.1 Å². The lowest BCUT2D eigenvalue weighted by molar-refractivity contribution is 0.626. The van der Waals surface area contributed by atoms with E-state index in [4.69, 9.17) is 23.7 Å². The molecule has 0 radical (unpaired) electrons. The van der Waals surface area contributed by atoms with E-state index in [1.807, 2.05) is 0 Å². The van der Waals surface area contributed by atoms with Crippen molar-refractivity contribution in [2.75, 3.05) is 5.73 Å². The van der Waals surface area contributed by atoms with E-state index < -0.39 is 0 Å². The van der Waals surface area contributed by atoms with E-state index in [1.54, 1.807) is 17.0 Å². The maximum absolute atomic E-state index is 13.3. The van der Waals surface area contributed by atoms with Crippen molar-refractivity contribution in [1.29, 1.82) is 0 Å². The first-order chi connectivity index (χ1) is 10.1. The molecule has 3 aromatic rings. The molecule has 0 aliphatic carbocycles. The van der Waals surface area contributed by atoms with Crippen LogP contribution in [0.5, 0.6) is 0 Å². The highest BCUT2D eigenvalue weighted by molar-refractivity contribution is 7.80. The minimum atomic E-state index is -0.386. The number of aromatic nitrogens is 4. The summed E-state index contributed by atoms with van der Waals surface area (Å²) in [5.41, 5.74) is 13.8. The average Bonchev–Trinajstić information content (AvgIpc) is 2.85. The third-order valence-corrected chi connectivity index (χ3v) is 3.33. The zero-order valence-electron chi connectivity index (χ0n) is 10.8. The number of nitrogens with zero attached hydrogens (tertiary/aromatic N) is 4. The van der Waals surface area contributed by atoms with Gasteiger partial charge in [-0.05, 0) is 17.7 Å². The predicted octanol–water partition coefficient (Wildman–Crippen LogP) is 1.23. The fraction of sp³-hybridized carbons (Fsp3) is 0.0769. The molecular formula is C13H11FN6S. The van der Waals surface area contributed by atoms with Crippen molar-refractivity contribution in [3.8, 4) is 0 Å². The number of halogens is 1. The Bertz CT molecular complexity index is 844. The highest BCUT2D eigenvalue weighted by Crippen LogP contribution is 2.18. The Kier molecular flexibility index (Phi) is 3.22. The van der Waals surface area contributed by atoms with Crippen molar-refractivity contribution < 1.29 is 4.39 Å². The number of anilines is 1. The lowest BCUT2D eigenvalue weighted by atomic mass is 10.1. The van der Waals surface area contributed by atoms with Crippen molar-refractivity contribution in [3.05, 3.63) is 47.8 Å². The molecule has 1 aromatic carbocycles. The molecule has 3 rings (SSSR count). The molecule has 4 N–H and O–H groups in total. The Labute approximate surface area is 124 Å². The third kappa shape index (κ3) is 2.40. The monoisotopic (exact) mass is 302 g/mol. The van der Waals surface area contributed by atoms with Gasteiger partial charge in [-0.1, -0.05) is 18.3 Å². The second kappa shape index (κ2) is 5.06. The summed E-state index contributed by atoms with van der Waals surface area (Å²) in [5.74, 6) is -0.0731. The van der Waals surface area contributed by atoms with Crippen LogP contribution in [-0.2, 0) is 6.54 Å². The van der Waals surface area contributed by atoms with Crippen LogP contribution < -0.4 is 11.5 Å². The van der Waals surface area contributed by atoms with Crippen molar-refractivity contribution in [2.24, 2.45) is 5.73 Å². The molecule has 8 heteroatoms. The van der Waals surface area contributed by atoms with Crippen molar-refractivity contribution >= 4 is 34.2 Å². The highest BCUT2D eigenvalue weighted by atomic mass is 32.1. The fourth-order valence-electron chi connectivity index (χ4n) is 2.11. The zero-order chi connectivity index (χ0) is 15.0. The molecule has 2 heterocycles. The molecule has 0 saturated carbocycles. The molecule has 21 heavy (non-hydrogen) atoms. The second-order valence-corrected chi connectivity index (χ2v) is 4.91. The minimum absolute atomic E-state index is 0.142. The Morgan fingerprint density at radius 1 is 1.29 bits per heavy atom. The summed E-state index contributed by atoms with van der Waals surface area (Å²) in [4.78, 5) is 12.4. The summed E-state index contributed by atoms with van der Waals surface area (Å²) in [5, 5.41) is 0. The number of fused-ring (bicyclic) bond motifs is 1. The van der Waals surface area contributed by atoms with E-state index in [1.165, 1.54) is 18.5 Å². The van der Waals surface area contributed by atoms with Crippen LogP contribution in [0.1, 0.15) is 11.1 Å². The van der Waals surface area contributed by atoms with Gasteiger partial charge in [0.2, 0.25) is 0 Å². The molecule has 0 amide bonds. The van der Waals surface area contributed by atoms with Crippen LogP contribution >= 0.6 is 12.2 Å². The topological polar surface area (TPSA) is 95.6 Å². The van der Waals surface area contributed by atoms with Gasteiger partial charge in [0.15, 0.2) is 11.5 Å². The lowest BCUT2D eigenvalue weighted by Gasteiger charge is -2.09. The highest BCUT2D eigenvalue weighted by Gasteiger charge is 2.11. The van der Waals surface area contributed by atoms with Gasteiger partial charge in [0.1, 0.15) is 22.6 Å². The molecule has 0 unspecified atom stereocenters. The molecule has 6 nitrogen and oxygen atoms in total. The SMILES string of the molecule is NC(=S)c1cc(F)ccc1Cn1cnc2c(N)ncnc21. The van der Waals surface area contributed by atoms with E-state index >= 15 is 0 Å². The summed E-state index contributed by atoms with van der Waals surface area (Å²) in [6.07, 6.45) is 2.97. The smallest absolute Gasteiger partial charge is 0.165 e. The van der Waals surface area contributed by atoms with Crippen LogP contribution in [0, 0.1) is 5.82 Å². The number of nitrogen functional groups attached to an aromatic ring is 1. The molecule has 0 saturated heterocycles. The number of hydrogen-bond donors (Lipinski definition) is 2. The van der Waals surface area contributed by atoms with E-state index in [-0.39, 0.29) is 10.8 Å². The second-order valence-electron chi connectivity index (χ2n) is 4.47. The minimum Gasteiger partial charge on any atom is -0.389 e. The number of benzene rings is 1. The van der Waals surface area contributed by atoms with Crippen molar-refractivity contribution in [2.45, 2.75) is 6.54 Å². The lowest BCUT2D eigenvalue weighted by Crippen LogP contribution is -2.14. The van der Waals surface area contributed by atoms with Gasteiger partial charge in [-0.25, -0.2) is 19.3 Å². The standard InChI is InChI=1S/C13H11FN6S/c14-8-2-1-7(9(3-8)12(16)21)4-20-6-19-10-11(15)17-5-18-13(10)20/h1-3,5-6H,4H2,(H2,16,21)(H2,15,17,18). The maximum atomic E-state index is 13.3. The number of hydrogen-bond acceptors (Lipinski definition) is 5. The van der Waals surface area contributed by atoms with Gasteiger partial charge < -0.3 is 16.0 Å². The normalized spacial score (nSPS) is 10.9. The van der Waals surface area contributed by atoms with Gasteiger partial charge in [-0.2, -0.15) is 0 Å².